The molecule has 0 saturated heterocycles. The lowest BCUT2D eigenvalue weighted by atomic mass is 9.79. The molecule has 224 valence electrons. The Labute approximate surface area is 237 Å². The fraction of sp³-hybridized carbons (Fsp3) is 0.310. The molecule has 0 spiro atoms. The van der Waals surface area contributed by atoms with Gasteiger partial charge in [-0.05, 0) is 61.7 Å². The van der Waals surface area contributed by atoms with Crippen LogP contribution in [0.1, 0.15) is 42.5 Å². The average Bonchev–Trinajstić information content (AvgIpc) is 2.91. The highest BCUT2D eigenvalue weighted by Crippen LogP contribution is 2.39. The molecule has 0 radical (unpaired) electrons. The van der Waals surface area contributed by atoms with Gasteiger partial charge in [-0.1, -0.05) is 24.3 Å². The zero-order valence-electron chi connectivity index (χ0n) is 23.0. The number of halogens is 6. The Hall–Kier alpha value is -4.42. The molecule has 2 aromatic carbocycles. The predicted molar refractivity (Wildman–Crippen MR) is 143 cm³/mol. The summed E-state index contributed by atoms with van der Waals surface area (Å²) < 4.78 is 84.9. The van der Waals surface area contributed by atoms with Crippen molar-refractivity contribution >= 4 is 29.2 Å². The maximum Gasteiger partial charge on any atom is 0.416 e. The molecule has 0 unspecified atom stereocenters. The molecule has 3 rings (SSSR count). The van der Waals surface area contributed by atoms with Crippen LogP contribution in [0.15, 0.2) is 54.7 Å². The number of Topliss-reactive ketones (excluding diaryl/α,β-unsaturated/α-hetero) is 1. The molecule has 0 aliphatic heterocycles. The SMILES string of the molecule is COC(=O)CC(=O)Nc1cc(-c2ccccc2C)c(NCC(=O)C(C)(C)c2cc(C(F)(F)F)cc(C(F)(F)F)c2)cn1. The van der Waals surface area contributed by atoms with E-state index < -0.39 is 65.1 Å². The first kappa shape index (κ1) is 32.1. The van der Waals surface area contributed by atoms with Crippen LogP contribution < -0.4 is 10.6 Å². The quantitative estimate of drug-likeness (QED) is 0.165. The number of alkyl halides is 6. The van der Waals surface area contributed by atoms with Gasteiger partial charge in [-0.15, -0.1) is 0 Å². The molecule has 1 heterocycles. The van der Waals surface area contributed by atoms with E-state index in [1.165, 1.54) is 26.1 Å². The number of nitrogens with zero attached hydrogens (tertiary/aromatic N) is 1. The maximum atomic E-state index is 13.4. The van der Waals surface area contributed by atoms with Crippen LogP contribution in [-0.2, 0) is 36.9 Å². The van der Waals surface area contributed by atoms with E-state index in [2.05, 4.69) is 20.4 Å². The summed E-state index contributed by atoms with van der Waals surface area (Å²) in [6.07, 6.45) is -9.36. The minimum Gasteiger partial charge on any atom is -0.469 e. The van der Waals surface area contributed by atoms with Crippen LogP contribution in [-0.4, -0.2) is 36.3 Å². The highest BCUT2D eigenvalue weighted by Gasteiger charge is 2.40. The number of amides is 1. The first-order chi connectivity index (χ1) is 19.4. The molecule has 1 amide bonds. The molecule has 2 N–H and O–H groups in total. The number of carbonyl (C=O) groups is 3. The number of benzene rings is 2. The minimum absolute atomic E-state index is 0.00790. The number of esters is 1. The normalized spacial score (nSPS) is 12.0. The number of pyridine rings is 1. The molecule has 3 aromatic rings. The Bertz CT molecular complexity index is 1470. The second kappa shape index (κ2) is 12.2. The predicted octanol–water partition coefficient (Wildman–Crippen LogP) is 6.56. The highest BCUT2D eigenvalue weighted by molar-refractivity contribution is 6.02. The zero-order valence-corrected chi connectivity index (χ0v) is 23.0. The Morgan fingerprint density at radius 1 is 0.857 bits per heavy atom. The standard InChI is InChI=1S/C29H27F6N3O4/c1-16-7-5-6-8-20(16)21-12-24(38-25(40)13-26(41)42-4)37-14-22(21)36-15-23(39)27(2,3)17-9-18(28(30,31)32)11-19(10-17)29(33,34)35/h5-12,14,36H,13,15H2,1-4H3,(H,37,38,40). The first-order valence-corrected chi connectivity index (χ1v) is 12.4. The number of carbonyl (C=O) groups excluding carboxylic acids is 3. The fourth-order valence-corrected chi connectivity index (χ4v) is 4.03. The van der Waals surface area contributed by atoms with Crippen molar-refractivity contribution in [1.29, 1.82) is 0 Å². The molecule has 0 aliphatic rings. The summed E-state index contributed by atoms with van der Waals surface area (Å²) in [6.45, 7) is 3.83. The van der Waals surface area contributed by atoms with Crippen molar-refractivity contribution in [3.63, 3.8) is 0 Å². The zero-order chi connectivity index (χ0) is 31.5. The van der Waals surface area contributed by atoms with Crippen LogP contribution in [0.2, 0.25) is 0 Å². The van der Waals surface area contributed by atoms with Crippen molar-refractivity contribution in [2.75, 3.05) is 24.3 Å². The largest absolute Gasteiger partial charge is 0.469 e. The highest BCUT2D eigenvalue weighted by atomic mass is 19.4. The minimum atomic E-state index is -5.06. The molecular weight excluding hydrogens is 568 g/mol. The van der Waals surface area contributed by atoms with E-state index in [0.29, 0.717) is 28.9 Å². The Morgan fingerprint density at radius 3 is 1.98 bits per heavy atom. The molecule has 13 heteroatoms. The van der Waals surface area contributed by atoms with Gasteiger partial charge in [0.05, 0.1) is 42.1 Å². The summed E-state index contributed by atoms with van der Waals surface area (Å²) >= 11 is 0. The van der Waals surface area contributed by atoms with Crippen molar-refractivity contribution < 1.29 is 45.5 Å². The van der Waals surface area contributed by atoms with E-state index in [4.69, 9.17) is 0 Å². The monoisotopic (exact) mass is 595 g/mol. The Morgan fingerprint density at radius 2 is 1.43 bits per heavy atom. The summed E-state index contributed by atoms with van der Waals surface area (Å²) in [5.41, 5.74) is -2.93. The third kappa shape index (κ3) is 7.65. The van der Waals surface area contributed by atoms with E-state index in [0.717, 1.165) is 12.7 Å². The van der Waals surface area contributed by atoms with E-state index in [1.54, 1.807) is 18.2 Å². The smallest absolute Gasteiger partial charge is 0.416 e. The van der Waals surface area contributed by atoms with Crippen molar-refractivity contribution in [3.8, 4) is 11.1 Å². The van der Waals surface area contributed by atoms with Crippen LogP contribution in [0.4, 0.5) is 37.8 Å². The van der Waals surface area contributed by atoms with Gasteiger partial charge in [0, 0.05) is 5.56 Å². The van der Waals surface area contributed by atoms with Crippen LogP contribution in [0.5, 0.6) is 0 Å². The molecule has 0 saturated carbocycles. The number of ether oxygens (including phenoxy) is 1. The lowest BCUT2D eigenvalue weighted by Crippen LogP contribution is -2.35. The number of hydrogen-bond acceptors (Lipinski definition) is 6. The summed E-state index contributed by atoms with van der Waals surface area (Å²) in [6, 6.07) is 9.72. The van der Waals surface area contributed by atoms with E-state index in [9.17, 15) is 40.7 Å². The summed E-state index contributed by atoms with van der Waals surface area (Å²) in [7, 11) is 1.13. The second-order valence-electron chi connectivity index (χ2n) is 9.93. The number of aryl methyl sites for hydroxylation is 1. The Kier molecular flexibility index (Phi) is 9.33. The number of rotatable bonds is 9. The van der Waals surface area contributed by atoms with Gasteiger partial charge in [0.15, 0.2) is 5.78 Å². The van der Waals surface area contributed by atoms with E-state index >= 15 is 0 Å². The van der Waals surface area contributed by atoms with E-state index in [-0.39, 0.29) is 11.9 Å². The number of methoxy groups -OCH3 is 1. The van der Waals surface area contributed by atoms with Gasteiger partial charge in [-0.3, -0.25) is 14.4 Å². The number of ketones is 1. The summed E-state index contributed by atoms with van der Waals surface area (Å²) in [5.74, 6) is -2.04. The molecule has 0 atom stereocenters. The molecule has 0 fully saturated rings. The fourth-order valence-electron chi connectivity index (χ4n) is 4.03. The van der Waals surface area contributed by atoms with Crippen molar-refractivity contribution in [3.05, 3.63) is 77.0 Å². The molecule has 1 aromatic heterocycles. The Balaban J connectivity index is 1.94. The van der Waals surface area contributed by atoms with Crippen LogP contribution >= 0.6 is 0 Å². The van der Waals surface area contributed by atoms with Crippen LogP contribution in [0.3, 0.4) is 0 Å². The number of anilines is 2. The summed E-state index contributed by atoms with van der Waals surface area (Å²) in [5, 5.41) is 5.36. The van der Waals surface area contributed by atoms with Gasteiger partial charge >= 0.3 is 18.3 Å². The maximum absolute atomic E-state index is 13.4. The van der Waals surface area contributed by atoms with Crippen molar-refractivity contribution in [2.45, 2.75) is 45.0 Å². The molecule has 7 nitrogen and oxygen atoms in total. The average molecular weight is 596 g/mol. The van der Waals surface area contributed by atoms with Crippen LogP contribution in [0.25, 0.3) is 11.1 Å². The number of hydrogen-bond donors (Lipinski definition) is 2. The third-order valence-electron chi connectivity index (χ3n) is 6.59. The molecule has 0 aliphatic carbocycles. The molecular formula is C29H27F6N3O4. The topological polar surface area (TPSA) is 97.4 Å². The number of aromatic nitrogens is 1. The van der Waals surface area contributed by atoms with Crippen LogP contribution in [0, 0.1) is 6.92 Å². The lowest BCUT2D eigenvalue weighted by molar-refractivity contribution is -0.144. The molecule has 42 heavy (non-hydrogen) atoms. The van der Waals surface area contributed by atoms with Gasteiger partial charge in [0.2, 0.25) is 5.91 Å². The van der Waals surface area contributed by atoms with Crippen molar-refractivity contribution in [2.24, 2.45) is 0 Å². The van der Waals surface area contributed by atoms with Gasteiger partial charge in [0.25, 0.3) is 0 Å². The van der Waals surface area contributed by atoms with E-state index in [1.807, 2.05) is 13.0 Å². The van der Waals surface area contributed by atoms with Gasteiger partial charge in [0.1, 0.15) is 12.2 Å². The van der Waals surface area contributed by atoms with Gasteiger partial charge in [-0.25, -0.2) is 4.98 Å². The molecule has 0 bridgehead atoms. The third-order valence-corrected chi connectivity index (χ3v) is 6.59. The summed E-state index contributed by atoms with van der Waals surface area (Å²) in [4.78, 5) is 41.0. The first-order valence-electron chi connectivity index (χ1n) is 12.4. The number of nitrogens with one attached hydrogen (secondary N) is 2. The van der Waals surface area contributed by atoms with Gasteiger partial charge < -0.3 is 15.4 Å². The van der Waals surface area contributed by atoms with Crippen molar-refractivity contribution in [1.82, 2.24) is 4.98 Å². The van der Waals surface area contributed by atoms with Gasteiger partial charge in [-0.2, -0.15) is 26.3 Å². The lowest BCUT2D eigenvalue weighted by Gasteiger charge is -2.26. The second-order valence-corrected chi connectivity index (χ2v) is 9.93.